The molecule has 0 aliphatic heterocycles. The molecule has 78 valence electrons. The molecule has 2 nitrogen and oxygen atoms in total. The Balaban J connectivity index is 2.69. The Kier molecular flexibility index (Phi) is 4.18. The van der Waals surface area contributed by atoms with Crippen LogP contribution < -0.4 is 0 Å². The average Bonchev–Trinajstić information content (AvgIpc) is 2.18. The number of carbonyl (C=O) groups excluding carboxylic acids is 1. The van der Waals surface area contributed by atoms with E-state index in [4.69, 9.17) is 4.74 Å². The van der Waals surface area contributed by atoms with Gasteiger partial charge in [-0.15, -0.1) is 12.6 Å². The van der Waals surface area contributed by atoms with Gasteiger partial charge in [-0.05, 0) is 18.6 Å². The van der Waals surface area contributed by atoms with Gasteiger partial charge in [0, 0.05) is 5.57 Å². The molecule has 0 saturated carbocycles. The Labute approximate surface area is 94.7 Å². The predicted molar refractivity (Wildman–Crippen MR) is 64.3 cm³/mol. The molecule has 0 bridgehead atoms. The molecule has 0 unspecified atom stereocenters. The number of esters is 1. The minimum atomic E-state index is -0.466. The summed E-state index contributed by atoms with van der Waals surface area (Å²) < 4.78 is 4.90. The Hall–Kier alpha value is -1.48. The third kappa shape index (κ3) is 4.04. The first-order valence-corrected chi connectivity index (χ1v) is 4.87. The molecule has 1 aromatic carbocycles. The second-order valence-electron chi connectivity index (χ2n) is 3.06. The first-order chi connectivity index (χ1) is 7.09. The van der Waals surface area contributed by atoms with E-state index in [1.807, 2.05) is 30.3 Å². The zero-order chi connectivity index (χ0) is 11.3. The standard InChI is InChI=1S/C12H12O2S/c1-9(2)12(13)14-11(15)8-10-6-4-3-5-7-10/h3-8,15H,1H2,2H3. The second-order valence-corrected chi connectivity index (χ2v) is 3.50. The largest absolute Gasteiger partial charge is 0.416 e. The van der Waals surface area contributed by atoms with Crippen molar-refractivity contribution in [2.75, 3.05) is 0 Å². The van der Waals surface area contributed by atoms with E-state index < -0.39 is 5.97 Å². The molecule has 0 aromatic heterocycles. The van der Waals surface area contributed by atoms with E-state index in [-0.39, 0.29) is 5.09 Å². The van der Waals surface area contributed by atoms with Crippen LogP contribution in [0.1, 0.15) is 12.5 Å². The van der Waals surface area contributed by atoms with Crippen LogP contribution in [0.15, 0.2) is 47.6 Å². The normalized spacial score (nSPS) is 10.9. The minimum absolute atomic E-state index is 0.259. The highest BCUT2D eigenvalue weighted by molar-refractivity contribution is 7.84. The van der Waals surface area contributed by atoms with Gasteiger partial charge in [0.25, 0.3) is 0 Å². The molecule has 0 saturated heterocycles. The van der Waals surface area contributed by atoms with E-state index in [0.29, 0.717) is 5.57 Å². The molecule has 1 aromatic rings. The van der Waals surface area contributed by atoms with Gasteiger partial charge in [0.05, 0.1) is 0 Å². The molecule has 1 rings (SSSR count). The van der Waals surface area contributed by atoms with Gasteiger partial charge in [0.2, 0.25) is 0 Å². The van der Waals surface area contributed by atoms with Crippen molar-refractivity contribution in [2.45, 2.75) is 6.92 Å². The van der Waals surface area contributed by atoms with E-state index in [9.17, 15) is 4.79 Å². The quantitative estimate of drug-likeness (QED) is 0.367. The maximum atomic E-state index is 11.1. The smallest absolute Gasteiger partial charge is 0.339 e. The molecule has 0 atom stereocenters. The Bertz CT molecular complexity index is 393. The number of rotatable bonds is 3. The lowest BCUT2D eigenvalue weighted by molar-refractivity contribution is -0.133. The number of hydrogen-bond donors (Lipinski definition) is 1. The highest BCUT2D eigenvalue weighted by atomic mass is 32.1. The Morgan fingerprint density at radius 3 is 2.53 bits per heavy atom. The van der Waals surface area contributed by atoms with Crippen LogP contribution in [0.4, 0.5) is 0 Å². The number of thiol groups is 1. The van der Waals surface area contributed by atoms with Crippen LogP contribution >= 0.6 is 12.6 Å². The van der Waals surface area contributed by atoms with Gasteiger partial charge in [-0.25, -0.2) is 4.79 Å². The molecule has 3 heteroatoms. The SMILES string of the molecule is C=C(C)C(=O)OC(S)=Cc1ccccc1. The van der Waals surface area contributed by atoms with Gasteiger partial charge in [-0.1, -0.05) is 36.9 Å². The van der Waals surface area contributed by atoms with Crippen LogP contribution in [-0.2, 0) is 9.53 Å². The molecule has 0 amide bonds. The van der Waals surface area contributed by atoms with Crippen molar-refractivity contribution in [3.05, 3.63) is 53.1 Å². The fraction of sp³-hybridized carbons (Fsp3) is 0.0833. The Morgan fingerprint density at radius 1 is 1.40 bits per heavy atom. The summed E-state index contributed by atoms with van der Waals surface area (Å²) in [7, 11) is 0. The predicted octanol–water partition coefficient (Wildman–Crippen LogP) is 3.03. The number of carbonyl (C=O) groups is 1. The van der Waals surface area contributed by atoms with E-state index in [1.54, 1.807) is 13.0 Å². The summed E-state index contributed by atoms with van der Waals surface area (Å²) in [5, 5.41) is 0.259. The average molecular weight is 220 g/mol. The first kappa shape index (κ1) is 11.6. The third-order valence-corrected chi connectivity index (χ3v) is 1.86. The van der Waals surface area contributed by atoms with E-state index in [0.717, 1.165) is 5.56 Å². The van der Waals surface area contributed by atoms with Crippen LogP contribution in [-0.4, -0.2) is 5.97 Å². The lowest BCUT2D eigenvalue weighted by Crippen LogP contribution is -2.01. The van der Waals surface area contributed by atoms with Gasteiger partial charge >= 0.3 is 5.97 Å². The van der Waals surface area contributed by atoms with Gasteiger partial charge in [0.15, 0.2) is 5.09 Å². The minimum Gasteiger partial charge on any atom is -0.416 e. The molecule has 0 N–H and O–H groups in total. The third-order valence-electron chi connectivity index (χ3n) is 1.64. The molecule has 0 aliphatic rings. The summed E-state index contributed by atoms with van der Waals surface area (Å²) >= 11 is 4.05. The highest BCUT2D eigenvalue weighted by Crippen LogP contribution is 2.12. The molecular formula is C12H12O2S. The first-order valence-electron chi connectivity index (χ1n) is 4.43. The van der Waals surface area contributed by atoms with Crippen molar-refractivity contribution in [1.82, 2.24) is 0 Å². The molecule has 0 fully saturated rings. The molecule has 0 spiro atoms. The maximum absolute atomic E-state index is 11.1. The van der Waals surface area contributed by atoms with Crippen LogP contribution in [0, 0.1) is 0 Å². The Morgan fingerprint density at radius 2 is 2.00 bits per heavy atom. The van der Waals surface area contributed by atoms with Crippen molar-refractivity contribution in [3.63, 3.8) is 0 Å². The number of ether oxygens (including phenoxy) is 1. The van der Waals surface area contributed by atoms with Crippen molar-refractivity contribution < 1.29 is 9.53 Å². The van der Waals surface area contributed by atoms with E-state index in [1.165, 1.54) is 0 Å². The summed E-state index contributed by atoms with van der Waals surface area (Å²) in [5.74, 6) is -0.466. The van der Waals surface area contributed by atoms with Crippen LogP contribution in [0.5, 0.6) is 0 Å². The second kappa shape index (κ2) is 5.41. The van der Waals surface area contributed by atoms with Crippen LogP contribution in [0.2, 0.25) is 0 Å². The molecule has 0 radical (unpaired) electrons. The van der Waals surface area contributed by atoms with Gasteiger partial charge in [-0.2, -0.15) is 0 Å². The zero-order valence-corrected chi connectivity index (χ0v) is 9.33. The van der Waals surface area contributed by atoms with Crippen LogP contribution in [0.25, 0.3) is 6.08 Å². The summed E-state index contributed by atoms with van der Waals surface area (Å²) in [5.41, 5.74) is 1.28. The zero-order valence-electron chi connectivity index (χ0n) is 8.43. The van der Waals surface area contributed by atoms with Gasteiger partial charge in [-0.3, -0.25) is 0 Å². The lowest BCUT2D eigenvalue weighted by atomic mass is 10.2. The van der Waals surface area contributed by atoms with Crippen molar-refractivity contribution in [2.24, 2.45) is 0 Å². The van der Waals surface area contributed by atoms with Gasteiger partial charge in [0.1, 0.15) is 0 Å². The lowest BCUT2D eigenvalue weighted by Gasteiger charge is -2.02. The molecule has 0 heterocycles. The highest BCUT2D eigenvalue weighted by Gasteiger charge is 2.04. The summed E-state index contributed by atoms with van der Waals surface area (Å²) in [6, 6.07) is 9.49. The number of benzene rings is 1. The van der Waals surface area contributed by atoms with Crippen molar-refractivity contribution >= 4 is 24.7 Å². The summed E-state index contributed by atoms with van der Waals surface area (Å²) in [6.07, 6.45) is 1.67. The van der Waals surface area contributed by atoms with E-state index in [2.05, 4.69) is 19.2 Å². The summed E-state index contributed by atoms with van der Waals surface area (Å²) in [6.45, 7) is 5.07. The van der Waals surface area contributed by atoms with E-state index >= 15 is 0 Å². The van der Waals surface area contributed by atoms with Crippen molar-refractivity contribution in [3.8, 4) is 0 Å². The number of hydrogen-bond acceptors (Lipinski definition) is 3. The maximum Gasteiger partial charge on any atom is 0.339 e. The summed E-state index contributed by atoms with van der Waals surface area (Å²) in [4.78, 5) is 11.1. The van der Waals surface area contributed by atoms with Crippen molar-refractivity contribution in [1.29, 1.82) is 0 Å². The van der Waals surface area contributed by atoms with Gasteiger partial charge < -0.3 is 4.74 Å². The fourth-order valence-electron chi connectivity index (χ4n) is 0.903. The molecule has 15 heavy (non-hydrogen) atoms. The van der Waals surface area contributed by atoms with Crippen LogP contribution in [0.3, 0.4) is 0 Å². The molecule has 0 aliphatic carbocycles. The monoisotopic (exact) mass is 220 g/mol. The molecular weight excluding hydrogens is 208 g/mol. The fourth-order valence-corrected chi connectivity index (χ4v) is 1.14. The topological polar surface area (TPSA) is 26.3 Å².